The minimum absolute atomic E-state index is 0.109. The molecule has 1 saturated carbocycles. The van der Waals surface area contributed by atoms with Gasteiger partial charge in [0.05, 0.1) is 20.8 Å². The molecule has 142 valence electrons. The summed E-state index contributed by atoms with van der Waals surface area (Å²) in [4.78, 5) is 13.2. The van der Waals surface area contributed by atoms with E-state index in [4.69, 9.17) is 14.2 Å². The number of amides is 1. The molecule has 0 saturated heterocycles. The summed E-state index contributed by atoms with van der Waals surface area (Å²) in [6.45, 7) is 0.586. The number of hydrogen-bond acceptors (Lipinski definition) is 8. The average Bonchev–Trinajstić information content (AvgIpc) is 3.26. The number of nitrogens with zero attached hydrogens (tertiary/aromatic N) is 3. The molecule has 2 heterocycles. The largest absolute Gasteiger partial charge is 0.493 e. The number of thiophene rings is 1. The zero-order chi connectivity index (χ0) is 18.8. The normalized spacial score (nSPS) is 14.0. The van der Waals surface area contributed by atoms with Gasteiger partial charge in [-0.25, -0.2) is 0 Å². The lowest BCUT2D eigenvalue weighted by atomic mass is 9.86. The highest BCUT2D eigenvalue weighted by atomic mass is 32.1. The second-order valence-electron chi connectivity index (χ2n) is 6.26. The Morgan fingerprint density at radius 1 is 1.30 bits per heavy atom. The van der Waals surface area contributed by atoms with Crippen molar-refractivity contribution in [3.8, 4) is 17.2 Å². The molecule has 10 heteroatoms. The van der Waals surface area contributed by atoms with Crippen LogP contribution >= 0.6 is 11.3 Å². The Kier molecular flexibility index (Phi) is 4.80. The summed E-state index contributed by atoms with van der Waals surface area (Å²) in [7, 11) is 3.16. The van der Waals surface area contributed by atoms with E-state index in [0.717, 1.165) is 22.9 Å². The third-order valence-electron chi connectivity index (χ3n) is 4.61. The van der Waals surface area contributed by atoms with Gasteiger partial charge in [0.25, 0.3) is 11.9 Å². The maximum Gasteiger partial charge on any atom is 0.272 e. The van der Waals surface area contributed by atoms with Crippen molar-refractivity contribution in [1.29, 1.82) is 0 Å². The van der Waals surface area contributed by atoms with Crippen molar-refractivity contribution in [1.82, 2.24) is 20.6 Å². The van der Waals surface area contributed by atoms with Gasteiger partial charge in [-0.2, -0.15) is 5.21 Å². The molecular weight excluding hydrogens is 370 g/mol. The van der Waals surface area contributed by atoms with Crippen molar-refractivity contribution in [3.05, 3.63) is 17.0 Å². The van der Waals surface area contributed by atoms with Gasteiger partial charge >= 0.3 is 0 Å². The van der Waals surface area contributed by atoms with Gasteiger partial charge in [-0.15, -0.1) is 16.4 Å². The molecule has 0 aliphatic heterocycles. The van der Waals surface area contributed by atoms with Crippen LogP contribution in [-0.2, 0) is 0 Å². The Labute approximate surface area is 159 Å². The number of aromatic nitrogens is 4. The fourth-order valence-electron chi connectivity index (χ4n) is 2.93. The summed E-state index contributed by atoms with van der Waals surface area (Å²) in [5.41, 5.74) is 0. The molecule has 0 spiro atoms. The van der Waals surface area contributed by atoms with Crippen LogP contribution in [0.15, 0.2) is 12.1 Å². The van der Waals surface area contributed by atoms with Crippen molar-refractivity contribution >= 4 is 33.3 Å². The Morgan fingerprint density at radius 3 is 2.70 bits per heavy atom. The van der Waals surface area contributed by atoms with Gasteiger partial charge in [0.1, 0.15) is 4.88 Å². The summed E-state index contributed by atoms with van der Waals surface area (Å²) in [6, 6.07) is 3.69. The SMILES string of the molecule is COc1cc2sc(C(=O)Nc3nn[nH]n3)c(OCC3CCC3)c2cc1OC. The van der Waals surface area contributed by atoms with Gasteiger partial charge in [0.2, 0.25) is 0 Å². The highest BCUT2D eigenvalue weighted by Crippen LogP contribution is 2.44. The number of carbonyl (C=O) groups is 1. The predicted octanol–water partition coefficient (Wildman–Crippen LogP) is 2.86. The van der Waals surface area contributed by atoms with E-state index in [1.54, 1.807) is 14.2 Å². The summed E-state index contributed by atoms with van der Waals surface area (Å²) in [5, 5.41) is 16.7. The number of anilines is 1. The van der Waals surface area contributed by atoms with Crippen molar-refractivity contribution in [3.63, 3.8) is 0 Å². The third-order valence-corrected chi connectivity index (χ3v) is 5.75. The quantitative estimate of drug-likeness (QED) is 0.639. The number of methoxy groups -OCH3 is 2. The second kappa shape index (κ2) is 7.39. The lowest BCUT2D eigenvalue weighted by Crippen LogP contribution is -2.20. The minimum atomic E-state index is -0.348. The molecule has 3 aromatic rings. The molecule has 0 unspecified atom stereocenters. The van der Waals surface area contributed by atoms with E-state index in [-0.39, 0.29) is 11.9 Å². The van der Waals surface area contributed by atoms with Gasteiger partial charge in [-0.1, -0.05) is 11.5 Å². The summed E-state index contributed by atoms with van der Waals surface area (Å²) >= 11 is 1.32. The topological polar surface area (TPSA) is 111 Å². The minimum Gasteiger partial charge on any atom is -0.493 e. The van der Waals surface area contributed by atoms with E-state index in [2.05, 4.69) is 25.9 Å². The fraction of sp³-hybridized carbons (Fsp3) is 0.412. The smallest absolute Gasteiger partial charge is 0.272 e. The molecule has 27 heavy (non-hydrogen) atoms. The number of aromatic amines is 1. The fourth-order valence-corrected chi connectivity index (χ4v) is 3.98. The van der Waals surface area contributed by atoms with Crippen LogP contribution in [0.2, 0.25) is 0 Å². The molecule has 2 aromatic heterocycles. The second-order valence-corrected chi connectivity index (χ2v) is 7.31. The maximum atomic E-state index is 12.8. The zero-order valence-electron chi connectivity index (χ0n) is 14.9. The van der Waals surface area contributed by atoms with Crippen LogP contribution in [0.4, 0.5) is 5.95 Å². The Balaban J connectivity index is 1.73. The summed E-state index contributed by atoms with van der Waals surface area (Å²) < 4.78 is 17.7. The molecule has 0 atom stereocenters. The Bertz CT molecular complexity index is 952. The van der Waals surface area contributed by atoms with Crippen molar-refractivity contribution in [2.45, 2.75) is 19.3 Å². The highest BCUT2D eigenvalue weighted by molar-refractivity contribution is 7.21. The van der Waals surface area contributed by atoms with Gasteiger partial charge in [-0.05, 0) is 30.0 Å². The van der Waals surface area contributed by atoms with Crippen LogP contribution in [0.5, 0.6) is 17.2 Å². The van der Waals surface area contributed by atoms with E-state index < -0.39 is 0 Å². The van der Waals surface area contributed by atoms with E-state index in [1.807, 2.05) is 12.1 Å². The number of fused-ring (bicyclic) bond motifs is 1. The third kappa shape index (κ3) is 3.39. The Morgan fingerprint density at radius 2 is 2.07 bits per heavy atom. The van der Waals surface area contributed by atoms with Crippen LogP contribution in [0.3, 0.4) is 0 Å². The zero-order valence-corrected chi connectivity index (χ0v) is 15.8. The van der Waals surface area contributed by atoms with Crippen LogP contribution in [-0.4, -0.2) is 47.4 Å². The number of carbonyl (C=O) groups excluding carboxylic acids is 1. The summed E-state index contributed by atoms with van der Waals surface area (Å²) in [6.07, 6.45) is 3.54. The first kappa shape index (κ1) is 17.5. The summed E-state index contributed by atoms with van der Waals surface area (Å²) in [5.74, 6) is 2.03. The Hall–Kier alpha value is -2.88. The lowest BCUT2D eigenvalue weighted by Gasteiger charge is -2.25. The van der Waals surface area contributed by atoms with Gasteiger partial charge in [0.15, 0.2) is 17.2 Å². The molecule has 1 aliphatic rings. The van der Waals surface area contributed by atoms with Crippen molar-refractivity contribution in [2.75, 3.05) is 26.1 Å². The van der Waals surface area contributed by atoms with Crippen LogP contribution in [0.1, 0.15) is 28.9 Å². The standard InChI is InChI=1S/C17H19N5O4S/c1-24-11-6-10-13(7-12(11)25-2)27-15(14(10)26-8-9-4-3-5-9)16(23)18-17-19-21-22-20-17/h6-7,9H,3-5,8H2,1-2H3,(H2,18,19,20,21,22,23). The van der Waals surface area contributed by atoms with Gasteiger partial charge < -0.3 is 14.2 Å². The number of rotatable bonds is 7. The van der Waals surface area contributed by atoms with Gasteiger partial charge in [-0.3, -0.25) is 10.1 Å². The van der Waals surface area contributed by atoms with E-state index in [1.165, 1.54) is 17.8 Å². The van der Waals surface area contributed by atoms with Crippen LogP contribution < -0.4 is 19.5 Å². The molecule has 0 bridgehead atoms. The number of H-pyrrole nitrogens is 1. The number of nitrogens with one attached hydrogen (secondary N) is 2. The maximum absolute atomic E-state index is 12.8. The molecule has 2 N–H and O–H groups in total. The van der Waals surface area contributed by atoms with Crippen molar-refractivity contribution in [2.24, 2.45) is 5.92 Å². The van der Waals surface area contributed by atoms with Crippen LogP contribution in [0.25, 0.3) is 10.1 Å². The first-order valence-electron chi connectivity index (χ1n) is 8.55. The predicted molar refractivity (Wildman–Crippen MR) is 99.9 cm³/mol. The average molecular weight is 389 g/mol. The number of benzene rings is 1. The first-order valence-corrected chi connectivity index (χ1v) is 9.37. The highest BCUT2D eigenvalue weighted by Gasteiger charge is 2.25. The molecular formula is C17H19N5O4S. The molecule has 1 aliphatic carbocycles. The molecule has 1 amide bonds. The van der Waals surface area contributed by atoms with Crippen molar-refractivity contribution < 1.29 is 19.0 Å². The molecule has 1 aromatic carbocycles. The van der Waals surface area contributed by atoms with E-state index in [9.17, 15) is 4.79 Å². The molecule has 4 rings (SSSR count). The van der Waals surface area contributed by atoms with Gasteiger partial charge in [0, 0.05) is 16.2 Å². The molecule has 0 radical (unpaired) electrons. The molecule has 9 nitrogen and oxygen atoms in total. The number of tetrazole rings is 1. The monoisotopic (exact) mass is 389 g/mol. The lowest BCUT2D eigenvalue weighted by molar-refractivity contribution is 0.102. The van der Waals surface area contributed by atoms with E-state index >= 15 is 0 Å². The number of hydrogen-bond donors (Lipinski definition) is 2. The first-order chi connectivity index (χ1) is 13.2. The van der Waals surface area contributed by atoms with Crippen LogP contribution in [0, 0.1) is 5.92 Å². The number of ether oxygens (including phenoxy) is 3. The van der Waals surface area contributed by atoms with E-state index in [0.29, 0.717) is 34.7 Å². The molecule has 1 fully saturated rings.